The fraction of sp³-hybridized carbons (Fsp3) is 0.833. The Bertz CT molecular complexity index is 158. The molecule has 0 aliphatic carbocycles. The van der Waals surface area contributed by atoms with Gasteiger partial charge in [0.1, 0.15) is 0 Å². The van der Waals surface area contributed by atoms with Crippen molar-refractivity contribution in [1.82, 2.24) is 5.32 Å². The summed E-state index contributed by atoms with van der Waals surface area (Å²) in [7, 11) is 0. The van der Waals surface area contributed by atoms with Crippen molar-refractivity contribution < 1.29 is 9.47 Å². The second kappa shape index (κ2) is 9.99. The molecule has 1 N–H and O–H groups in total. The predicted molar refractivity (Wildman–Crippen MR) is 64.0 cm³/mol. The van der Waals surface area contributed by atoms with Crippen LogP contribution >= 0.6 is 0 Å². The first-order chi connectivity index (χ1) is 7.16. The highest BCUT2D eigenvalue weighted by molar-refractivity contribution is 4.89. The third-order valence-corrected chi connectivity index (χ3v) is 1.86. The largest absolute Gasteiger partial charge is 0.389 e. The fourth-order valence-electron chi connectivity index (χ4n) is 1.12. The van der Waals surface area contributed by atoms with Crippen molar-refractivity contribution in [3.05, 3.63) is 12.3 Å². The SMILES string of the molecule is C=C(CCOCCCOC(C)C)NCC. The minimum absolute atomic E-state index is 0.318. The molecule has 0 spiro atoms. The summed E-state index contributed by atoms with van der Waals surface area (Å²) >= 11 is 0. The maximum absolute atomic E-state index is 5.45. The number of hydrogen-bond donors (Lipinski definition) is 1. The molecule has 0 amide bonds. The second-order valence-corrected chi connectivity index (χ2v) is 3.77. The average Bonchev–Trinajstić information content (AvgIpc) is 2.16. The van der Waals surface area contributed by atoms with Gasteiger partial charge in [-0.05, 0) is 27.2 Å². The van der Waals surface area contributed by atoms with Crippen molar-refractivity contribution >= 4 is 0 Å². The van der Waals surface area contributed by atoms with Crippen LogP contribution in [0.3, 0.4) is 0 Å². The molecule has 0 aliphatic heterocycles. The van der Waals surface area contributed by atoms with Gasteiger partial charge in [-0.15, -0.1) is 0 Å². The molecule has 90 valence electrons. The predicted octanol–water partition coefficient (Wildman–Crippen LogP) is 2.33. The minimum Gasteiger partial charge on any atom is -0.389 e. The summed E-state index contributed by atoms with van der Waals surface area (Å²) < 4.78 is 10.8. The van der Waals surface area contributed by atoms with E-state index in [0.29, 0.717) is 6.10 Å². The van der Waals surface area contributed by atoms with Crippen LogP contribution in [0.25, 0.3) is 0 Å². The Hall–Kier alpha value is -0.540. The maximum atomic E-state index is 5.45. The van der Waals surface area contributed by atoms with E-state index in [-0.39, 0.29) is 0 Å². The Balaban J connectivity index is 3.08. The zero-order chi connectivity index (χ0) is 11.5. The van der Waals surface area contributed by atoms with Gasteiger partial charge in [0.15, 0.2) is 0 Å². The summed E-state index contributed by atoms with van der Waals surface area (Å²) in [5, 5.41) is 3.16. The summed E-state index contributed by atoms with van der Waals surface area (Å²) in [6.45, 7) is 13.3. The molecule has 0 radical (unpaired) electrons. The minimum atomic E-state index is 0.318. The topological polar surface area (TPSA) is 30.5 Å². The number of nitrogens with one attached hydrogen (secondary N) is 1. The molecular formula is C12H25NO2. The molecule has 0 aromatic rings. The third-order valence-electron chi connectivity index (χ3n) is 1.86. The highest BCUT2D eigenvalue weighted by Crippen LogP contribution is 1.95. The van der Waals surface area contributed by atoms with E-state index >= 15 is 0 Å². The molecule has 0 atom stereocenters. The first kappa shape index (κ1) is 14.5. The molecule has 0 unspecified atom stereocenters. The smallest absolute Gasteiger partial charge is 0.0520 e. The second-order valence-electron chi connectivity index (χ2n) is 3.77. The van der Waals surface area contributed by atoms with Crippen LogP contribution in [0.4, 0.5) is 0 Å². The average molecular weight is 215 g/mol. The summed E-state index contributed by atoms with van der Waals surface area (Å²) in [5.74, 6) is 0. The Kier molecular flexibility index (Phi) is 9.63. The Morgan fingerprint density at radius 2 is 2.00 bits per heavy atom. The van der Waals surface area contributed by atoms with E-state index in [0.717, 1.165) is 44.9 Å². The van der Waals surface area contributed by atoms with Crippen LogP contribution in [0, 0.1) is 0 Å². The highest BCUT2D eigenvalue weighted by atomic mass is 16.5. The van der Waals surface area contributed by atoms with Gasteiger partial charge in [-0.1, -0.05) is 6.58 Å². The molecule has 0 fully saturated rings. The van der Waals surface area contributed by atoms with E-state index in [9.17, 15) is 0 Å². The maximum Gasteiger partial charge on any atom is 0.0520 e. The van der Waals surface area contributed by atoms with E-state index in [1.165, 1.54) is 0 Å². The van der Waals surface area contributed by atoms with Crippen LogP contribution in [0.1, 0.15) is 33.6 Å². The first-order valence-electron chi connectivity index (χ1n) is 5.77. The summed E-state index contributed by atoms with van der Waals surface area (Å²) in [5.41, 5.74) is 1.05. The zero-order valence-electron chi connectivity index (χ0n) is 10.3. The van der Waals surface area contributed by atoms with Crippen LogP contribution < -0.4 is 5.32 Å². The van der Waals surface area contributed by atoms with Gasteiger partial charge in [-0.3, -0.25) is 0 Å². The van der Waals surface area contributed by atoms with Crippen molar-refractivity contribution in [3.63, 3.8) is 0 Å². The Morgan fingerprint density at radius 1 is 1.27 bits per heavy atom. The standard InChI is InChI=1S/C12H25NO2/c1-5-13-12(4)7-10-14-8-6-9-15-11(2)3/h11,13H,4-10H2,1-3H3. The molecule has 3 heteroatoms. The van der Waals surface area contributed by atoms with Crippen molar-refractivity contribution in [2.75, 3.05) is 26.4 Å². The van der Waals surface area contributed by atoms with Crippen LogP contribution in [0.5, 0.6) is 0 Å². The number of rotatable bonds is 10. The van der Waals surface area contributed by atoms with Crippen molar-refractivity contribution in [2.24, 2.45) is 0 Å². The van der Waals surface area contributed by atoms with Gasteiger partial charge in [0.25, 0.3) is 0 Å². The van der Waals surface area contributed by atoms with Crippen LogP contribution in [-0.2, 0) is 9.47 Å². The van der Waals surface area contributed by atoms with E-state index in [1.807, 2.05) is 13.8 Å². The van der Waals surface area contributed by atoms with Crippen molar-refractivity contribution in [2.45, 2.75) is 39.7 Å². The van der Waals surface area contributed by atoms with Gasteiger partial charge < -0.3 is 14.8 Å². The fourth-order valence-corrected chi connectivity index (χ4v) is 1.12. The molecule has 0 aromatic carbocycles. The summed E-state index contributed by atoms with van der Waals surface area (Å²) in [4.78, 5) is 0. The molecular weight excluding hydrogens is 190 g/mol. The molecule has 0 bridgehead atoms. The summed E-state index contributed by atoms with van der Waals surface area (Å²) in [6.07, 6.45) is 2.17. The van der Waals surface area contributed by atoms with Gasteiger partial charge in [-0.25, -0.2) is 0 Å². The third kappa shape index (κ3) is 11.4. The van der Waals surface area contributed by atoms with Gasteiger partial charge >= 0.3 is 0 Å². The lowest BCUT2D eigenvalue weighted by atomic mass is 10.3. The lowest BCUT2D eigenvalue weighted by Crippen LogP contribution is -2.13. The molecule has 0 heterocycles. The van der Waals surface area contributed by atoms with E-state index in [2.05, 4.69) is 18.8 Å². The van der Waals surface area contributed by atoms with Gasteiger partial charge in [0.2, 0.25) is 0 Å². The van der Waals surface area contributed by atoms with Crippen LogP contribution in [0.15, 0.2) is 12.3 Å². The van der Waals surface area contributed by atoms with Gasteiger partial charge in [-0.2, -0.15) is 0 Å². The normalized spacial score (nSPS) is 10.7. The zero-order valence-corrected chi connectivity index (χ0v) is 10.3. The highest BCUT2D eigenvalue weighted by Gasteiger charge is 1.95. The lowest BCUT2D eigenvalue weighted by molar-refractivity contribution is 0.0519. The summed E-state index contributed by atoms with van der Waals surface area (Å²) in [6, 6.07) is 0. The molecule has 15 heavy (non-hydrogen) atoms. The van der Waals surface area contributed by atoms with Gasteiger partial charge in [0, 0.05) is 31.9 Å². The molecule has 0 rings (SSSR count). The molecule has 0 aliphatic rings. The Labute approximate surface area is 93.8 Å². The monoisotopic (exact) mass is 215 g/mol. The number of ether oxygens (including phenoxy) is 2. The van der Waals surface area contributed by atoms with Crippen molar-refractivity contribution in [3.8, 4) is 0 Å². The quantitative estimate of drug-likeness (QED) is 0.567. The molecule has 0 saturated heterocycles. The van der Waals surface area contributed by atoms with Crippen molar-refractivity contribution in [1.29, 1.82) is 0 Å². The van der Waals surface area contributed by atoms with Crippen LogP contribution in [0.2, 0.25) is 0 Å². The lowest BCUT2D eigenvalue weighted by Gasteiger charge is -2.09. The Morgan fingerprint density at radius 3 is 2.60 bits per heavy atom. The molecule has 3 nitrogen and oxygen atoms in total. The van der Waals surface area contributed by atoms with E-state index in [1.54, 1.807) is 0 Å². The molecule has 0 saturated carbocycles. The number of hydrogen-bond acceptors (Lipinski definition) is 3. The van der Waals surface area contributed by atoms with Crippen LogP contribution in [-0.4, -0.2) is 32.5 Å². The first-order valence-corrected chi connectivity index (χ1v) is 5.77. The van der Waals surface area contributed by atoms with E-state index in [4.69, 9.17) is 9.47 Å². The molecule has 0 aromatic heterocycles. The van der Waals surface area contributed by atoms with Gasteiger partial charge in [0.05, 0.1) is 12.7 Å². The van der Waals surface area contributed by atoms with E-state index < -0.39 is 0 Å².